The standard InChI is InChI=1S/C21H17F2NO2/c1-13-4-2-6-15(10-13)16-7-3-5-14(11-16)12-26-18-9-8-17(22)19(20(18)23)21(24)25/h2-11H,12H2,1H3,(H2,24,25). The number of ether oxygens (including phenoxy) is 1. The summed E-state index contributed by atoms with van der Waals surface area (Å²) in [5, 5.41) is 0. The number of nitrogens with two attached hydrogens (primary N) is 1. The van der Waals surface area contributed by atoms with Gasteiger partial charge in [-0.3, -0.25) is 4.79 Å². The maximum absolute atomic E-state index is 14.2. The highest BCUT2D eigenvalue weighted by Gasteiger charge is 2.19. The van der Waals surface area contributed by atoms with E-state index in [1.54, 1.807) is 0 Å². The molecule has 0 heterocycles. The van der Waals surface area contributed by atoms with Crippen molar-refractivity contribution < 1.29 is 18.3 Å². The Balaban J connectivity index is 1.82. The maximum atomic E-state index is 14.2. The summed E-state index contributed by atoms with van der Waals surface area (Å²) >= 11 is 0. The molecule has 3 rings (SSSR count). The molecule has 3 aromatic rings. The molecule has 0 bridgehead atoms. The van der Waals surface area contributed by atoms with Crippen molar-refractivity contribution >= 4 is 5.91 Å². The molecule has 3 nitrogen and oxygen atoms in total. The van der Waals surface area contributed by atoms with E-state index in [9.17, 15) is 13.6 Å². The third kappa shape index (κ3) is 3.72. The highest BCUT2D eigenvalue weighted by Crippen LogP contribution is 2.25. The molecule has 0 unspecified atom stereocenters. The Hall–Kier alpha value is -3.21. The van der Waals surface area contributed by atoms with Crippen molar-refractivity contribution in [2.24, 2.45) is 5.73 Å². The molecule has 0 aromatic heterocycles. The second-order valence-corrected chi connectivity index (χ2v) is 5.96. The van der Waals surface area contributed by atoms with Gasteiger partial charge in [-0.2, -0.15) is 0 Å². The van der Waals surface area contributed by atoms with Crippen LogP contribution in [-0.4, -0.2) is 5.91 Å². The van der Waals surface area contributed by atoms with E-state index in [0.717, 1.165) is 34.4 Å². The van der Waals surface area contributed by atoms with Crippen LogP contribution in [-0.2, 0) is 6.61 Å². The number of primary amides is 1. The number of rotatable bonds is 5. The van der Waals surface area contributed by atoms with E-state index in [0.29, 0.717) is 0 Å². The summed E-state index contributed by atoms with van der Waals surface area (Å²) < 4.78 is 33.2. The summed E-state index contributed by atoms with van der Waals surface area (Å²) in [5.41, 5.74) is 8.25. The lowest BCUT2D eigenvalue weighted by Crippen LogP contribution is -2.16. The SMILES string of the molecule is Cc1cccc(-c2cccc(COc3ccc(F)c(C(N)=O)c3F)c2)c1. The Kier molecular flexibility index (Phi) is 4.98. The molecule has 26 heavy (non-hydrogen) atoms. The number of halogens is 2. The Morgan fingerprint density at radius 3 is 2.38 bits per heavy atom. The van der Waals surface area contributed by atoms with Crippen molar-refractivity contribution in [3.8, 4) is 16.9 Å². The highest BCUT2D eigenvalue weighted by molar-refractivity contribution is 5.93. The molecule has 0 fully saturated rings. The number of carbonyl (C=O) groups is 1. The number of amides is 1. The lowest BCUT2D eigenvalue weighted by atomic mass is 10.0. The van der Waals surface area contributed by atoms with Crippen molar-refractivity contribution in [2.75, 3.05) is 0 Å². The fourth-order valence-corrected chi connectivity index (χ4v) is 2.70. The van der Waals surface area contributed by atoms with Gasteiger partial charge in [0.15, 0.2) is 11.6 Å². The number of aryl methyl sites for hydroxylation is 1. The number of carbonyl (C=O) groups excluding carboxylic acids is 1. The largest absolute Gasteiger partial charge is 0.486 e. The lowest BCUT2D eigenvalue weighted by molar-refractivity contribution is 0.0991. The lowest BCUT2D eigenvalue weighted by Gasteiger charge is -2.11. The van der Waals surface area contributed by atoms with E-state index in [1.165, 1.54) is 0 Å². The van der Waals surface area contributed by atoms with E-state index in [1.807, 2.05) is 49.4 Å². The van der Waals surface area contributed by atoms with Gasteiger partial charge in [0.05, 0.1) is 0 Å². The van der Waals surface area contributed by atoms with Crippen LogP contribution in [0.25, 0.3) is 11.1 Å². The molecule has 1 amide bonds. The van der Waals surface area contributed by atoms with Crippen LogP contribution >= 0.6 is 0 Å². The average molecular weight is 353 g/mol. The predicted molar refractivity (Wildman–Crippen MR) is 95.8 cm³/mol. The number of hydrogen-bond donors (Lipinski definition) is 1. The Bertz CT molecular complexity index is 970. The van der Waals surface area contributed by atoms with E-state index in [2.05, 4.69) is 6.07 Å². The molecular formula is C21H17F2NO2. The minimum absolute atomic E-state index is 0.0699. The van der Waals surface area contributed by atoms with Crippen molar-refractivity contribution in [3.05, 3.63) is 89.0 Å². The monoisotopic (exact) mass is 353 g/mol. The van der Waals surface area contributed by atoms with Gasteiger partial charge in [-0.15, -0.1) is 0 Å². The highest BCUT2D eigenvalue weighted by atomic mass is 19.1. The first-order valence-electron chi connectivity index (χ1n) is 8.02. The molecule has 5 heteroatoms. The van der Waals surface area contributed by atoms with Crippen molar-refractivity contribution in [3.63, 3.8) is 0 Å². The predicted octanol–water partition coefficient (Wildman–Crippen LogP) is 4.62. The molecule has 132 valence electrons. The minimum atomic E-state index is -1.17. The van der Waals surface area contributed by atoms with Crippen molar-refractivity contribution in [1.82, 2.24) is 0 Å². The molecular weight excluding hydrogens is 336 g/mol. The Labute approximate surface area is 150 Å². The molecule has 0 saturated carbocycles. The molecule has 0 spiro atoms. The summed E-state index contributed by atoms with van der Waals surface area (Å²) in [6.45, 7) is 2.09. The van der Waals surface area contributed by atoms with Gasteiger partial charge in [0, 0.05) is 0 Å². The van der Waals surface area contributed by atoms with Gasteiger partial charge in [-0.1, -0.05) is 48.0 Å². The second kappa shape index (κ2) is 7.35. The van der Waals surface area contributed by atoms with Gasteiger partial charge in [0.25, 0.3) is 5.91 Å². The smallest absolute Gasteiger partial charge is 0.254 e. The summed E-state index contributed by atoms with van der Waals surface area (Å²) in [7, 11) is 0. The van der Waals surface area contributed by atoms with Gasteiger partial charge < -0.3 is 10.5 Å². The first kappa shape index (κ1) is 17.6. The summed E-state index contributed by atoms with van der Waals surface area (Å²) in [6, 6.07) is 17.8. The van der Waals surface area contributed by atoms with Gasteiger partial charge >= 0.3 is 0 Å². The Morgan fingerprint density at radius 2 is 1.69 bits per heavy atom. The van der Waals surface area contributed by atoms with E-state index < -0.39 is 23.1 Å². The van der Waals surface area contributed by atoms with Crippen LogP contribution < -0.4 is 10.5 Å². The van der Waals surface area contributed by atoms with Crippen LogP contribution in [0.3, 0.4) is 0 Å². The Morgan fingerprint density at radius 1 is 1.00 bits per heavy atom. The number of hydrogen-bond acceptors (Lipinski definition) is 2. The average Bonchev–Trinajstić information content (AvgIpc) is 2.61. The summed E-state index contributed by atoms with van der Waals surface area (Å²) in [5.74, 6) is -3.50. The zero-order valence-electron chi connectivity index (χ0n) is 14.1. The van der Waals surface area contributed by atoms with Gasteiger partial charge in [0.1, 0.15) is 18.0 Å². The van der Waals surface area contributed by atoms with Crippen LogP contribution in [0.4, 0.5) is 8.78 Å². The first-order chi connectivity index (χ1) is 12.5. The molecule has 0 saturated heterocycles. The molecule has 0 aliphatic heterocycles. The van der Waals surface area contributed by atoms with E-state index in [-0.39, 0.29) is 12.4 Å². The third-order valence-corrected chi connectivity index (χ3v) is 3.97. The molecule has 2 N–H and O–H groups in total. The summed E-state index contributed by atoms with van der Waals surface area (Å²) in [6.07, 6.45) is 0. The van der Waals surface area contributed by atoms with Crippen LogP contribution in [0.1, 0.15) is 21.5 Å². The summed E-state index contributed by atoms with van der Waals surface area (Å²) in [4.78, 5) is 11.2. The third-order valence-electron chi connectivity index (χ3n) is 3.97. The van der Waals surface area contributed by atoms with E-state index >= 15 is 0 Å². The van der Waals surface area contributed by atoms with E-state index in [4.69, 9.17) is 10.5 Å². The quantitative estimate of drug-likeness (QED) is 0.728. The first-order valence-corrected chi connectivity index (χ1v) is 8.02. The fraction of sp³-hybridized carbons (Fsp3) is 0.0952. The van der Waals surface area contributed by atoms with Crippen molar-refractivity contribution in [1.29, 1.82) is 0 Å². The zero-order valence-corrected chi connectivity index (χ0v) is 14.1. The fourth-order valence-electron chi connectivity index (χ4n) is 2.70. The van der Waals surface area contributed by atoms with Crippen molar-refractivity contribution in [2.45, 2.75) is 13.5 Å². The van der Waals surface area contributed by atoms with Crippen LogP contribution in [0.15, 0.2) is 60.7 Å². The molecule has 3 aromatic carbocycles. The topological polar surface area (TPSA) is 52.3 Å². The molecule has 0 atom stereocenters. The van der Waals surface area contributed by atoms with Gasteiger partial charge in [0.2, 0.25) is 0 Å². The minimum Gasteiger partial charge on any atom is -0.486 e. The van der Waals surface area contributed by atoms with Gasteiger partial charge in [-0.25, -0.2) is 8.78 Å². The number of benzene rings is 3. The second-order valence-electron chi connectivity index (χ2n) is 5.96. The molecule has 0 radical (unpaired) electrons. The van der Waals surface area contributed by atoms with Gasteiger partial charge in [-0.05, 0) is 41.8 Å². The molecule has 0 aliphatic carbocycles. The van der Waals surface area contributed by atoms with Crippen LogP contribution in [0.5, 0.6) is 5.75 Å². The van der Waals surface area contributed by atoms with Crippen LogP contribution in [0.2, 0.25) is 0 Å². The van der Waals surface area contributed by atoms with Crippen LogP contribution in [0, 0.1) is 18.6 Å². The normalized spacial score (nSPS) is 10.6. The maximum Gasteiger partial charge on any atom is 0.254 e. The molecule has 0 aliphatic rings. The zero-order chi connectivity index (χ0) is 18.7.